The first kappa shape index (κ1) is 11.7. The molecule has 17 heavy (non-hydrogen) atoms. The Bertz CT molecular complexity index is 545. The van der Waals surface area contributed by atoms with Crippen molar-refractivity contribution >= 4 is 22.3 Å². The number of aryl methyl sites for hydroxylation is 1. The summed E-state index contributed by atoms with van der Waals surface area (Å²) in [5, 5.41) is 2.17. The van der Waals surface area contributed by atoms with Gasteiger partial charge in [0.15, 0.2) is 10.9 Å². The summed E-state index contributed by atoms with van der Waals surface area (Å²) in [6.07, 6.45) is 0.149. The smallest absolute Gasteiger partial charge is 0.180 e. The van der Waals surface area contributed by atoms with Crippen molar-refractivity contribution in [2.24, 2.45) is 0 Å². The summed E-state index contributed by atoms with van der Waals surface area (Å²) in [5.41, 5.74) is 7.20. The largest absolute Gasteiger partial charge is 0.375 e. The van der Waals surface area contributed by atoms with E-state index in [-0.39, 0.29) is 12.2 Å². The lowest BCUT2D eigenvalue weighted by molar-refractivity contribution is 0.0991. The number of anilines is 1. The molecule has 0 spiro atoms. The number of nitrogens with two attached hydrogens (primary N) is 1. The molecule has 0 unspecified atom stereocenters. The predicted molar refractivity (Wildman–Crippen MR) is 65.7 cm³/mol. The number of carbonyl (C=O) groups is 1. The van der Waals surface area contributed by atoms with Gasteiger partial charge in [0.05, 0.1) is 12.1 Å². The number of Topliss-reactive ketones (excluding diaryl/α,β-unsaturated/α-hetero) is 1. The van der Waals surface area contributed by atoms with Crippen LogP contribution in [0, 0.1) is 12.7 Å². The molecule has 0 atom stereocenters. The van der Waals surface area contributed by atoms with E-state index in [9.17, 15) is 9.18 Å². The van der Waals surface area contributed by atoms with Crippen LogP contribution in [0.1, 0.15) is 21.6 Å². The van der Waals surface area contributed by atoms with Crippen molar-refractivity contribution in [2.45, 2.75) is 13.3 Å². The van der Waals surface area contributed by atoms with Crippen LogP contribution in [-0.4, -0.2) is 10.8 Å². The van der Waals surface area contributed by atoms with Crippen molar-refractivity contribution in [3.63, 3.8) is 0 Å². The molecule has 0 aliphatic carbocycles. The van der Waals surface area contributed by atoms with Gasteiger partial charge in [-0.05, 0) is 30.7 Å². The van der Waals surface area contributed by atoms with Gasteiger partial charge in [-0.15, -0.1) is 11.3 Å². The highest BCUT2D eigenvalue weighted by Crippen LogP contribution is 2.15. The van der Waals surface area contributed by atoms with Crippen molar-refractivity contribution in [1.29, 1.82) is 0 Å². The quantitative estimate of drug-likeness (QED) is 0.852. The summed E-state index contributed by atoms with van der Waals surface area (Å²) in [6, 6.07) is 4.30. The fourth-order valence-electron chi connectivity index (χ4n) is 1.57. The number of hydrogen-bond acceptors (Lipinski definition) is 4. The molecule has 0 aliphatic heterocycles. The number of hydrogen-bond donors (Lipinski definition) is 1. The van der Waals surface area contributed by atoms with Gasteiger partial charge in [0.2, 0.25) is 0 Å². The zero-order chi connectivity index (χ0) is 12.4. The molecule has 0 bridgehead atoms. The van der Waals surface area contributed by atoms with Crippen LogP contribution in [0.4, 0.5) is 9.52 Å². The number of halogens is 1. The third kappa shape index (κ3) is 2.88. The van der Waals surface area contributed by atoms with Gasteiger partial charge in [-0.2, -0.15) is 0 Å². The Kier molecular flexibility index (Phi) is 3.19. The Labute approximate surface area is 102 Å². The normalized spacial score (nSPS) is 10.5. The molecule has 5 heteroatoms. The van der Waals surface area contributed by atoms with Crippen molar-refractivity contribution in [1.82, 2.24) is 4.98 Å². The summed E-state index contributed by atoms with van der Waals surface area (Å²) in [5.74, 6) is -0.552. The van der Waals surface area contributed by atoms with E-state index in [1.165, 1.54) is 23.5 Å². The van der Waals surface area contributed by atoms with Gasteiger partial charge >= 0.3 is 0 Å². The number of ketones is 1. The Morgan fingerprint density at radius 1 is 1.47 bits per heavy atom. The zero-order valence-corrected chi connectivity index (χ0v) is 10.1. The van der Waals surface area contributed by atoms with Crippen molar-refractivity contribution in [3.8, 4) is 0 Å². The van der Waals surface area contributed by atoms with E-state index in [0.717, 1.165) is 5.56 Å². The van der Waals surface area contributed by atoms with Crippen LogP contribution in [0.3, 0.4) is 0 Å². The van der Waals surface area contributed by atoms with Gasteiger partial charge in [0.25, 0.3) is 0 Å². The summed E-state index contributed by atoms with van der Waals surface area (Å²) < 4.78 is 13.1. The average molecular weight is 250 g/mol. The van der Waals surface area contributed by atoms with E-state index in [2.05, 4.69) is 4.98 Å². The monoisotopic (exact) mass is 250 g/mol. The summed E-state index contributed by atoms with van der Waals surface area (Å²) >= 11 is 1.29. The van der Waals surface area contributed by atoms with Gasteiger partial charge in [-0.25, -0.2) is 9.37 Å². The van der Waals surface area contributed by atoms with Gasteiger partial charge < -0.3 is 5.73 Å². The minimum absolute atomic E-state index is 0.149. The molecular weight excluding hydrogens is 239 g/mol. The highest BCUT2D eigenvalue weighted by molar-refractivity contribution is 7.13. The standard InChI is InChI=1S/C12H11FN2OS/c1-7-2-8(4-9(13)3-7)11(16)5-10-6-17-12(14)15-10/h2-4,6H,5H2,1H3,(H2,14,15). The lowest BCUT2D eigenvalue weighted by Crippen LogP contribution is -2.05. The number of nitrogens with zero attached hydrogens (tertiary/aromatic N) is 1. The second-order valence-corrected chi connectivity index (χ2v) is 4.68. The average Bonchev–Trinajstić information content (AvgIpc) is 2.62. The summed E-state index contributed by atoms with van der Waals surface area (Å²) in [7, 11) is 0. The minimum Gasteiger partial charge on any atom is -0.375 e. The summed E-state index contributed by atoms with van der Waals surface area (Å²) in [6.45, 7) is 1.75. The molecule has 1 aromatic carbocycles. The fraction of sp³-hybridized carbons (Fsp3) is 0.167. The number of thiazole rings is 1. The molecule has 0 amide bonds. The molecular formula is C12H11FN2OS. The third-order valence-electron chi connectivity index (χ3n) is 2.28. The number of aromatic nitrogens is 1. The van der Waals surface area contributed by atoms with E-state index in [4.69, 9.17) is 5.73 Å². The molecule has 0 fully saturated rings. The fourth-order valence-corrected chi connectivity index (χ4v) is 2.13. The molecule has 3 nitrogen and oxygen atoms in total. The van der Waals surface area contributed by atoms with Crippen LogP contribution in [0.25, 0.3) is 0 Å². The van der Waals surface area contributed by atoms with Crippen LogP contribution >= 0.6 is 11.3 Å². The molecule has 2 aromatic rings. The molecule has 2 rings (SSSR count). The van der Waals surface area contributed by atoms with E-state index >= 15 is 0 Å². The van der Waals surface area contributed by atoms with Crippen LogP contribution in [-0.2, 0) is 6.42 Å². The first-order valence-electron chi connectivity index (χ1n) is 5.05. The summed E-state index contributed by atoms with van der Waals surface area (Å²) in [4.78, 5) is 15.9. The lowest BCUT2D eigenvalue weighted by atomic mass is 10.0. The molecule has 1 heterocycles. The second kappa shape index (κ2) is 4.63. The SMILES string of the molecule is Cc1cc(F)cc(C(=O)Cc2csc(N)n2)c1. The Morgan fingerprint density at radius 2 is 2.24 bits per heavy atom. The minimum atomic E-state index is -0.397. The number of benzene rings is 1. The lowest BCUT2D eigenvalue weighted by Gasteiger charge is -2.01. The first-order valence-corrected chi connectivity index (χ1v) is 5.93. The van der Waals surface area contributed by atoms with E-state index in [1.807, 2.05) is 0 Å². The van der Waals surface area contributed by atoms with Crippen LogP contribution in [0.15, 0.2) is 23.6 Å². The maximum Gasteiger partial charge on any atom is 0.180 e. The molecule has 0 radical (unpaired) electrons. The Balaban J connectivity index is 2.19. The number of rotatable bonds is 3. The molecule has 0 saturated carbocycles. The molecule has 2 N–H and O–H groups in total. The van der Waals surface area contributed by atoms with Crippen molar-refractivity contribution in [3.05, 3.63) is 46.2 Å². The number of carbonyl (C=O) groups excluding carboxylic acids is 1. The first-order chi connectivity index (χ1) is 8.04. The maximum absolute atomic E-state index is 13.1. The highest BCUT2D eigenvalue weighted by atomic mass is 32.1. The van der Waals surface area contributed by atoms with E-state index in [0.29, 0.717) is 16.4 Å². The third-order valence-corrected chi connectivity index (χ3v) is 3.00. The maximum atomic E-state index is 13.1. The van der Waals surface area contributed by atoms with E-state index < -0.39 is 5.82 Å². The predicted octanol–water partition coefficient (Wildman–Crippen LogP) is 2.60. The van der Waals surface area contributed by atoms with Crippen molar-refractivity contribution < 1.29 is 9.18 Å². The number of nitrogen functional groups attached to an aromatic ring is 1. The van der Waals surface area contributed by atoms with Crippen LogP contribution < -0.4 is 5.73 Å². The van der Waals surface area contributed by atoms with Crippen molar-refractivity contribution in [2.75, 3.05) is 5.73 Å². The molecule has 0 aliphatic rings. The highest BCUT2D eigenvalue weighted by Gasteiger charge is 2.11. The van der Waals surface area contributed by atoms with Gasteiger partial charge in [0.1, 0.15) is 5.82 Å². The second-order valence-electron chi connectivity index (χ2n) is 3.79. The molecule has 88 valence electrons. The Hall–Kier alpha value is -1.75. The topological polar surface area (TPSA) is 56.0 Å². The van der Waals surface area contributed by atoms with Gasteiger partial charge in [-0.3, -0.25) is 4.79 Å². The van der Waals surface area contributed by atoms with Crippen LogP contribution in [0.2, 0.25) is 0 Å². The molecule has 1 aromatic heterocycles. The van der Waals surface area contributed by atoms with Gasteiger partial charge in [0, 0.05) is 10.9 Å². The zero-order valence-electron chi connectivity index (χ0n) is 9.24. The van der Waals surface area contributed by atoms with Crippen LogP contribution in [0.5, 0.6) is 0 Å². The Morgan fingerprint density at radius 3 is 2.82 bits per heavy atom. The van der Waals surface area contributed by atoms with E-state index in [1.54, 1.807) is 18.4 Å². The van der Waals surface area contributed by atoms with Gasteiger partial charge in [-0.1, -0.05) is 0 Å². The molecule has 0 saturated heterocycles.